The molecule has 1 aliphatic rings. The first-order valence-corrected chi connectivity index (χ1v) is 6.49. The molecule has 0 aromatic carbocycles. The predicted molar refractivity (Wildman–Crippen MR) is 68.5 cm³/mol. The van der Waals surface area contributed by atoms with Crippen molar-refractivity contribution in [2.75, 3.05) is 13.3 Å². The molecule has 4 nitrogen and oxygen atoms in total. The quantitative estimate of drug-likeness (QED) is 0.846. The third kappa shape index (κ3) is 3.57. The van der Waals surface area contributed by atoms with Crippen LogP contribution in [0.1, 0.15) is 27.7 Å². The van der Waals surface area contributed by atoms with Gasteiger partial charge in [0.05, 0.1) is 0 Å². The van der Waals surface area contributed by atoms with Crippen molar-refractivity contribution >= 4 is 23.0 Å². The van der Waals surface area contributed by atoms with Crippen molar-refractivity contribution in [1.82, 2.24) is 5.32 Å². The first kappa shape index (κ1) is 15.2. The Balaban J connectivity index is 2.67. The number of alkyl halides is 2. The summed E-state index contributed by atoms with van der Waals surface area (Å²) in [6, 6.07) is 0. The molecule has 0 saturated heterocycles. The lowest BCUT2D eigenvalue weighted by Crippen LogP contribution is -2.38. The number of alkyl carbamates (subject to hydrolysis) is 1. The Kier molecular flexibility index (Phi) is 4.58. The van der Waals surface area contributed by atoms with Crippen molar-refractivity contribution in [2.24, 2.45) is 4.99 Å². The van der Waals surface area contributed by atoms with Crippen molar-refractivity contribution in [1.29, 1.82) is 0 Å². The fourth-order valence-corrected chi connectivity index (χ4v) is 2.47. The zero-order valence-electron chi connectivity index (χ0n) is 10.9. The van der Waals surface area contributed by atoms with Gasteiger partial charge in [0.15, 0.2) is 5.17 Å². The highest BCUT2D eigenvalue weighted by Crippen LogP contribution is 2.35. The molecule has 0 aromatic rings. The van der Waals surface area contributed by atoms with E-state index >= 15 is 0 Å². The number of carbonyl (C=O) groups excluding carboxylic acids is 1. The van der Waals surface area contributed by atoms with E-state index in [0.717, 1.165) is 11.8 Å². The zero-order chi connectivity index (χ0) is 14.0. The van der Waals surface area contributed by atoms with Gasteiger partial charge in [-0.1, -0.05) is 18.7 Å². The molecule has 0 bridgehead atoms. The second kappa shape index (κ2) is 5.42. The average Bonchev–Trinajstić information content (AvgIpc) is 2.52. The Morgan fingerprint density at radius 3 is 2.44 bits per heavy atom. The Bertz CT molecular complexity index is 351. The van der Waals surface area contributed by atoms with Crippen LogP contribution in [0.25, 0.3) is 0 Å². The lowest BCUT2D eigenvalue weighted by molar-refractivity contribution is 0.0564. The third-order valence-electron chi connectivity index (χ3n) is 2.44. The van der Waals surface area contributed by atoms with E-state index in [2.05, 4.69) is 10.3 Å². The molecule has 0 aliphatic carbocycles. The summed E-state index contributed by atoms with van der Waals surface area (Å²) in [6.45, 7) is 5.08. The summed E-state index contributed by atoms with van der Waals surface area (Å²) in [6.07, 6.45) is -0.672. The van der Waals surface area contributed by atoms with Crippen LogP contribution in [0, 0.1) is 0 Å². The average molecular weight is 280 g/mol. The Labute approximate surface area is 110 Å². The van der Waals surface area contributed by atoms with Crippen LogP contribution >= 0.6 is 11.8 Å². The molecular weight excluding hydrogens is 262 g/mol. The molecule has 0 saturated carbocycles. The molecule has 1 unspecified atom stereocenters. The highest BCUT2D eigenvalue weighted by atomic mass is 32.2. The molecule has 0 radical (unpaired) electrons. The number of nitrogens with one attached hydrogen (secondary N) is 1. The van der Waals surface area contributed by atoms with Gasteiger partial charge in [0.2, 0.25) is 0 Å². The minimum atomic E-state index is -1.38. The van der Waals surface area contributed by atoms with Crippen LogP contribution in [0.4, 0.5) is 13.6 Å². The number of nitrogens with zero attached hydrogens (tertiary/aromatic N) is 1. The van der Waals surface area contributed by atoms with Gasteiger partial charge in [-0.05, 0) is 20.8 Å². The van der Waals surface area contributed by atoms with Gasteiger partial charge in [-0.25, -0.2) is 18.6 Å². The van der Waals surface area contributed by atoms with Gasteiger partial charge >= 0.3 is 6.09 Å². The van der Waals surface area contributed by atoms with Gasteiger partial charge in [0.25, 0.3) is 0 Å². The van der Waals surface area contributed by atoms with Crippen LogP contribution in [-0.4, -0.2) is 41.0 Å². The second-order valence-electron chi connectivity index (χ2n) is 5.17. The fraction of sp³-hybridized carbons (Fsp3) is 0.818. The summed E-state index contributed by atoms with van der Waals surface area (Å²) in [5, 5.41) is 2.25. The van der Waals surface area contributed by atoms with E-state index in [9.17, 15) is 13.6 Å². The number of hydrogen-bond donors (Lipinski definition) is 1. The molecule has 1 rings (SSSR count). The largest absolute Gasteiger partial charge is 0.444 e. The second-order valence-corrected chi connectivity index (χ2v) is 6.50. The predicted octanol–water partition coefficient (Wildman–Crippen LogP) is 2.68. The van der Waals surface area contributed by atoms with Gasteiger partial charge < -0.3 is 4.74 Å². The summed E-state index contributed by atoms with van der Waals surface area (Å²) in [5.74, 6) is 0. The molecule has 1 aliphatic heterocycles. The Morgan fingerprint density at radius 1 is 1.50 bits per heavy atom. The molecule has 18 heavy (non-hydrogen) atoms. The van der Waals surface area contributed by atoms with E-state index in [1.165, 1.54) is 0 Å². The summed E-state index contributed by atoms with van der Waals surface area (Å²) >= 11 is 1.13. The number of rotatable bonds is 2. The molecule has 104 valence electrons. The number of ether oxygens (including phenoxy) is 1. The Morgan fingerprint density at radius 2 is 2.06 bits per heavy atom. The first-order chi connectivity index (χ1) is 8.22. The molecule has 1 amide bonds. The molecule has 1 atom stereocenters. The topological polar surface area (TPSA) is 50.7 Å². The molecular formula is C11H18F2N2O2S. The monoisotopic (exact) mass is 280 g/mol. The van der Waals surface area contributed by atoms with E-state index in [1.807, 2.05) is 0 Å². The summed E-state index contributed by atoms with van der Waals surface area (Å²) in [7, 11) is 0. The highest BCUT2D eigenvalue weighted by Gasteiger charge is 2.43. The third-order valence-corrected chi connectivity index (χ3v) is 3.65. The van der Waals surface area contributed by atoms with Gasteiger partial charge in [-0.15, -0.1) is 0 Å². The SMILES string of the molecule is CC1SC(NC(=O)OC(C)(C)C)=NC1(CF)CF. The molecule has 0 aromatic heterocycles. The molecule has 0 spiro atoms. The zero-order valence-corrected chi connectivity index (χ0v) is 11.7. The van der Waals surface area contributed by atoms with Crippen LogP contribution < -0.4 is 5.32 Å². The van der Waals surface area contributed by atoms with Crippen molar-refractivity contribution in [3.8, 4) is 0 Å². The number of carbonyl (C=O) groups is 1. The number of halogens is 2. The summed E-state index contributed by atoms with van der Waals surface area (Å²) < 4.78 is 30.8. The summed E-state index contributed by atoms with van der Waals surface area (Å²) in [5.41, 5.74) is -2.01. The van der Waals surface area contributed by atoms with Crippen molar-refractivity contribution in [3.05, 3.63) is 0 Å². The maximum atomic E-state index is 12.9. The lowest BCUT2D eigenvalue weighted by Gasteiger charge is -2.22. The van der Waals surface area contributed by atoms with E-state index in [0.29, 0.717) is 0 Å². The minimum absolute atomic E-state index is 0.201. The van der Waals surface area contributed by atoms with Crippen LogP contribution in [-0.2, 0) is 4.74 Å². The Hall–Kier alpha value is -0.850. The smallest absolute Gasteiger partial charge is 0.413 e. The van der Waals surface area contributed by atoms with E-state index in [-0.39, 0.29) is 10.4 Å². The molecule has 0 fully saturated rings. The number of hydrogen-bond acceptors (Lipinski definition) is 4. The summed E-state index contributed by atoms with van der Waals surface area (Å²) in [4.78, 5) is 15.4. The first-order valence-electron chi connectivity index (χ1n) is 5.61. The van der Waals surface area contributed by atoms with Gasteiger partial charge in [-0.2, -0.15) is 0 Å². The van der Waals surface area contributed by atoms with Gasteiger partial charge in [0.1, 0.15) is 24.5 Å². The van der Waals surface area contributed by atoms with Crippen LogP contribution in [0.5, 0.6) is 0 Å². The minimum Gasteiger partial charge on any atom is -0.444 e. The number of amidine groups is 1. The van der Waals surface area contributed by atoms with Gasteiger partial charge in [0, 0.05) is 5.25 Å². The normalized spacial score (nSPS) is 22.6. The van der Waals surface area contributed by atoms with Crippen LogP contribution in [0.2, 0.25) is 0 Å². The number of amides is 1. The van der Waals surface area contributed by atoms with Crippen molar-refractivity contribution in [3.63, 3.8) is 0 Å². The molecule has 1 heterocycles. The standard InChI is InChI=1S/C11H18F2N2O2S/c1-7-11(5-12,6-13)15-8(18-7)14-9(16)17-10(2,3)4/h7H,5-6H2,1-4H3,(H,14,15,16). The fourth-order valence-electron chi connectivity index (χ4n) is 1.36. The molecule has 1 N–H and O–H groups in total. The number of aliphatic imine (C=N–C) groups is 1. The van der Waals surface area contributed by atoms with E-state index in [1.54, 1.807) is 27.7 Å². The van der Waals surface area contributed by atoms with Crippen molar-refractivity contribution in [2.45, 2.75) is 44.1 Å². The van der Waals surface area contributed by atoms with Gasteiger partial charge in [-0.3, -0.25) is 5.32 Å². The van der Waals surface area contributed by atoms with Crippen LogP contribution in [0.3, 0.4) is 0 Å². The van der Waals surface area contributed by atoms with Crippen LogP contribution in [0.15, 0.2) is 4.99 Å². The maximum Gasteiger partial charge on any atom is 0.413 e. The van der Waals surface area contributed by atoms with Crippen molar-refractivity contribution < 1.29 is 18.3 Å². The lowest BCUT2D eigenvalue weighted by atomic mass is 10.0. The highest BCUT2D eigenvalue weighted by molar-refractivity contribution is 8.14. The maximum absolute atomic E-state index is 12.9. The van der Waals surface area contributed by atoms with E-state index in [4.69, 9.17) is 4.74 Å². The molecule has 7 heteroatoms. The van der Waals surface area contributed by atoms with E-state index < -0.39 is 30.6 Å². The number of thioether (sulfide) groups is 1.